The summed E-state index contributed by atoms with van der Waals surface area (Å²) in [6, 6.07) is 7.26. The van der Waals surface area contributed by atoms with Gasteiger partial charge in [0.2, 0.25) is 0 Å². The molecule has 1 aromatic carbocycles. The fraction of sp³-hybridized carbons (Fsp3) is 0. The molecular weight excluding hydrogens is 209 g/mol. The number of halogens is 2. The number of nitrogens with zero attached hydrogens (tertiary/aromatic N) is 1. The lowest BCUT2D eigenvalue weighted by atomic mass is 10.2. The number of oxazole rings is 1. The fourth-order valence-corrected chi connectivity index (χ4v) is 1.26. The van der Waals surface area contributed by atoms with Crippen molar-refractivity contribution in [3.05, 3.63) is 40.8 Å². The molecule has 0 saturated carbocycles. The van der Waals surface area contributed by atoms with Crippen molar-refractivity contribution in [2.75, 3.05) is 0 Å². The van der Waals surface area contributed by atoms with Gasteiger partial charge < -0.3 is 4.42 Å². The topological polar surface area (TPSA) is 26.0 Å². The van der Waals surface area contributed by atoms with Crippen LogP contribution in [0, 0.1) is 0 Å². The van der Waals surface area contributed by atoms with Crippen LogP contribution in [0.1, 0.15) is 0 Å². The van der Waals surface area contributed by atoms with Crippen LogP contribution in [0.25, 0.3) is 11.3 Å². The third kappa shape index (κ3) is 1.85. The molecule has 0 N–H and O–H groups in total. The first-order valence-electron chi connectivity index (χ1n) is 3.63. The Bertz CT molecular complexity index is 408. The average Bonchev–Trinajstić information content (AvgIpc) is 2.53. The number of hydrogen-bond donors (Lipinski definition) is 0. The van der Waals surface area contributed by atoms with E-state index in [1.165, 1.54) is 0 Å². The molecule has 0 atom stereocenters. The molecule has 0 aliphatic rings. The number of benzene rings is 1. The van der Waals surface area contributed by atoms with Gasteiger partial charge in [0.25, 0.3) is 5.35 Å². The van der Waals surface area contributed by atoms with Gasteiger partial charge >= 0.3 is 0 Å². The Morgan fingerprint density at radius 1 is 1.08 bits per heavy atom. The Morgan fingerprint density at radius 3 is 2.31 bits per heavy atom. The highest BCUT2D eigenvalue weighted by Crippen LogP contribution is 2.23. The maximum absolute atomic E-state index is 5.73. The maximum Gasteiger partial charge on any atom is 0.292 e. The van der Waals surface area contributed by atoms with E-state index >= 15 is 0 Å². The summed E-state index contributed by atoms with van der Waals surface area (Å²) in [5.41, 5.74) is 0.906. The third-order valence-electron chi connectivity index (χ3n) is 1.61. The Balaban J connectivity index is 2.41. The summed E-state index contributed by atoms with van der Waals surface area (Å²) < 4.78 is 5.12. The van der Waals surface area contributed by atoms with Crippen LogP contribution < -0.4 is 0 Å². The van der Waals surface area contributed by atoms with Gasteiger partial charge in [-0.1, -0.05) is 11.6 Å². The van der Waals surface area contributed by atoms with Crippen LogP contribution in [0.5, 0.6) is 0 Å². The largest absolute Gasteiger partial charge is 0.428 e. The van der Waals surface area contributed by atoms with E-state index in [-0.39, 0.29) is 5.35 Å². The summed E-state index contributed by atoms with van der Waals surface area (Å²) in [6.45, 7) is 0. The summed E-state index contributed by atoms with van der Waals surface area (Å²) in [4.78, 5) is 3.78. The van der Waals surface area contributed by atoms with E-state index < -0.39 is 0 Å². The van der Waals surface area contributed by atoms with Gasteiger partial charge in [-0.05, 0) is 35.9 Å². The molecule has 1 heterocycles. The van der Waals surface area contributed by atoms with Gasteiger partial charge in [-0.15, -0.1) is 0 Å². The smallest absolute Gasteiger partial charge is 0.292 e. The number of aromatic nitrogens is 1. The Morgan fingerprint density at radius 2 is 1.77 bits per heavy atom. The van der Waals surface area contributed by atoms with Crippen molar-refractivity contribution in [2.45, 2.75) is 0 Å². The lowest BCUT2D eigenvalue weighted by Crippen LogP contribution is -1.71. The van der Waals surface area contributed by atoms with E-state index in [2.05, 4.69) is 4.98 Å². The first-order chi connectivity index (χ1) is 6.25. The van der Waals surface area contributed by atoms with Gasteiger partial charge in [0.15, 0.2) is 5.76 Å². The van der Waals surface area contributed by atoms with Crippen molar-refractivity contribution in [2.24, 2.45) is 0 Å². The highest BCUT2D eigenvalue weighted by molar-refractivity contribution is 6.30. The second kappa shape index (κ2) is 3.40. The Hall–Kier alpha value is -0.990. The predicted octanol–water partition coefficient (Wildman–Crippen LogP) is 3.65. The number of hydrogen-bond acceptors (Lipinski definition) is 2. The van der Waals surface area contributed by atoms with E-state index in [1.807, 2.05) is 12.1 Å². The summed E-state index contributed by atoms with van der Waals surface area (Å²) >= 11 is 11.3. The summed E-state index contributed by atoms with van der Waals surface area (Å²) in [5.74, 6) is 0.640. The average molecular weight is 214 g/mol. The lowest BCUT2D eigenvalue weighted by Gasteiger charge is -1.94. The molecule has 0 radical (unpaired) electrons. The zero-order valence-corrected chi connectivity index (χ0v) is 8.01. The molecule has 0 aliphatic carbocycles. The van der Waals surface area contributed by atoms with Gasteiger partial charge in [0, 0.05) is 10.6 Å². The lowest BCUT2D eigenvalue weighted by molar-refractivity contribution is 0.574. The molecular formula is C9H5Cl2NO. The highest BCUT2D eigenvalue weighted by atomic mass is 35.5. The van der Waals surface area contributed by atoms with Crippen molar-refractivity contribution in [3.8, 4) is 11.3 Å². The van der Waals surface area contributed by atoms with Crippen molar-refractivity contribution in [1.29, 1.82) is 0 Å². The van der Waals surface area contributed by atoms with Crippen LogP contribution in [-0.2, 0) is 0 Å². The Kier molecular flexibility index (Phi) is 2.25. The molecule has 66 valence electrons. The van der Waals surface area contributed by atoms with Crippen LogP contribution in [0.4, 0.5) is 0 Å². The second-order valence-corrected chi connectivity index (χ2v) is 3.24. The van der Waals surface area contributed by atoms with Crippen LogP contribution in [-0.4, -0.2) is 4.98 Å². The third-order valence-corrected chi connectivity index (χ3v) is 2.03. The summed E-state index contributed by atoms with van der Waals surface area (Å²) in [6.07, 6.45) is 1.57. The standard InChI is InChI=1S/C9H5Cl2NO/c10-7-3-1-6(2-4-7)8-5-12-9(11)13-8/h1-5H. The predicted molar refractivity (Wildman–Crippen MR) is 52.0 cm³/mol. The molecule has 1 aromatic heterocycles. The fourth-order valence-electron chi connectivity index (χ4n) is 1.00. The van der Waals surface area contributed by atoms with E-state index in [4.69, 9.17) is 27.6 Å². The maximum atomic E-state index is 5.73. The van der Waals surface area contributed by atoms with Crippen molar-refractivity contribution in [1.82, 2.24) is 4.98 Å². The summed E-state index contributed by atoms with van der Waals surface area (Å²) in [7, 11) is 0. The monoisotopic (exact) mass is 213 g/mol. The molecule has 0 fully saturated rings. The molecule has 4 heteroatoms. The molecule has 0 unspecified atom stereocenters. The molecule has 13 heavy (non-hydrogen) atoms. The molecule has 0 amide bonds. The van der Waals surface area contributed by atoms with E-state index in [0.717, 1.165) is 5.56 Å². The number of rotatable bonds is 1. The van der Waals surface area contributed by atoms with Crippen LogP contribution in [0.15, 0.2) is 34.9 Å². The Labute approximate surface area is 85.1 Å². The normalized spacial score (nSPS) is 10.3. The van der Waals surface area contributed by atoms with E-state index in [1.54, 1.807) is 18.3 Å². The van der Waals surface area contributed by atoms with Crippen LogP contribution in [0.2, 0.25) is 10.4 Å². The summed E-state index contributed by atoms with van der Waals surface area (Å²) in [5, 5.41) is 0.833. The van der Waals surface area contributed by atoms with Gasteiger partial charge in [-0.25, -0.2) is 4.98 Å². The molecule has 2 rings (SSSR count). The minimum atomic E-state index is 0.143. The molecule has 0 saturated heterocycles. The van der Waals surface area contributed by atoms with Crippen LogP contribution in [0.3, 0.4) is 0 Å². The zero-order chi connectivity index (χ0) is 9.26. The van der Waals surface area contributed by atoms with Gasteiger partial charge in [-0.2, -0.15) is 0 Å². The van der Waals surface area contributed by atoms with Gasteiger partial charge in [-0.3, -0.25) is 0 Å². The first kappa shape index (κ1) is 8.60. The van der Waals surface area contributed by atoms with E-state index in [9.17, 15) is 0 Å². The molecule has 2 nitrogen and oxygen atoms in total. The van der Waals surface area contributed by atoms with Crippen LogP contribution >= 0.6 is 23.2 Å². The molecule has 2 aromatic rings. The highest BCUT2D eigenvalue weighted by Gasteiger charge is 2.03. The van der Waals surface area contributed by atoms with Crippen molar-refractivity contribution in [3.63, 3.8) is 0 Å². The molecule has 0 bridgehead atoms. The minimum absolute atomic E-state index is 0.143. The first-order valence-corrected chi connectivity index (χ1v) is 4.38. The molecule has 0 spiro atoms. The van der Waals surface area contributed by atoms with Crippen molar-refractivity contribution >= 4 is 23.2 Å². The SMILES string of the molecule is Clc1ccc(-c2cnc(Cl)o2)cc1. The zero-order valence-electron chi connectivity index (χ0n) is 6.50. The van der Waals surface area contributed by atoms with Gasteiger partial charge in [0.05, 0.1) is 6.20 Å². The second-order valence-electron chi connectivity index (χ2n) is 2.48. The molecule has 0 aliphatic heterocycles. The quantitative estimate of drug-likeness (QED) is 0.723. The van der Waals surface area contributed by atoms with E-state index in [0.29, 0.717) is 10.8 Å². The van der Waals surface area contributed by atoms with Gasteiger partial charge in [0.1, 0.15) is 0 Å². The minimum Gasteiger partial charge on any atom is -0.428 e. The van der Waals surface area contributed by atoms with Crippen molar-refractivity contribution < 1.29 is 4.42 Å².